The molecule has 0 radical (unpaired) electrons. The second kappa shape index (κ2) is 12.7. The first kappa shape index (κ1) is 32.1. The lowest BCUT2D eigenvalue weighted by Crippen LogP contribution is -2.04. The fourth-order valence-electron chi connectivity index (χ4n) is 8.73. The number of benzene rings is 7. The lowest BCUT2D eigenvalue weighted by Gasteiger charge is -2.15. The van der Waals surface area contributed by atoms with Crippen molar-refractivity contribution in [1.29, 1.82) is 0 Å². The van der Waals surface area contributed by atoms with Gasteiger partial charge in [-0.05, 0) is 65.9 Å². The summed E-state index contributed by atoms with van der Waals surface area (Å²) in [7, 11) is 0. The van der Waals surface area contributed by atoms with Crippen LogP contribution in [0, 0.1) is 0 Å². The summed E-state index contributed by atoms with van der Waals surface area (Å²) in [6, 6.07) is 55.5. The summed E-state index contributed by atoms with van der Waals surface area (Å²) in [4.78, 5) is 15.4. The largest absolute Gasteiger partial charge is 0.456 e. The first-order valence-corrected chi connectivity index (χ1v) is 20.1. The zero-order chi connectivity index (χ0) is 37.5. The molecule has 1 aliphatic carbocycles. The lowest BCUT2D eigenvalue weighted by molar-refractivity contribution is 0.668. The Bertz CT molecular complexity index is 3460. The van der Waals surface area contributed by atoms with Crippen molar-refractivity contribution >= 4 is 86.4 Å². The van der Waals surface area contributed by atoms with Crippen molar-refractivity contribution in [3.05, 3.63) is 181 Å². The van der Waals surface area contributed by atoms with E-state index >= 15 is 0 Å². The molecule has 5 nitrogen and oxygen atoms in total. The Hall–Kier alpha value is -7.15. The first-order chi connectivity index (χ1) is 28.2. The molecule has 268 valence electrons. The zero-order valence-corrected chi connectivity index (χ0v) is 31.5. The van der Waals surface area contributed by atoms with Crippen molar-refractivity contribution in [2.75, 3.05) is 0 Å². The Morgan fingerprint density at radius 2 is 1.18 bits per heavy atom. The van der Waals surface area contributed by atoms with Crippen LogP contribution in [0.4, 0.5) is 0 Å². The molecule has 0 bridgehead atoms. The zero-order valence-electron chi connectivity index (χ0n) is 30.7. The maximum absolute atomic E-state index is 6.70. The number of fused-ring (bicyclic) bond motifs is 10. The molecule has 0 N–H and O–H groups in total. The number of aromatic nitrogens is 4. The van der Waals surface area contributed by atoms with Crippen LogP contribution in [0.1, 0.15) is 24.2 Å². The average molecular weight is 749 g/mol. The summed E-state index contributed by atoms with van der Waals surface area (Å²) in [6.45, 7) is 0. The summed E-state index contributed by atoms with van der Waals surface area (Å²) in [6.07, 6.45) is 6.15. The molecule has 4 aromatic heterocycles. The van der Waals surface area contributed by atoms with Crippen LogP contribution >= 0.6 is 11.3 Å². The van der Waals surface area contributed by atoms with Gasteiger partial charge in [-0.3, -0.25) is 0 Å². The van der Waals surface area contributed by atoms with Crippen molar-refractivity contribution in [2.45, 2.75) is 12.8 Å². The van der Waals surface area contributed by atoms with Gasteiger partial charge in [0, 0.05) is 64.6 Å². The number of hydrogen-bond acceptors (Lipinski definition) is 5. The Balaban J connectivity index is 1.02. The maximum Gasteiger partial charge on any atom is 0.164 e. The molecular formula is C51H32N4OS. The predicted octanol–water partition coefficient (Wildman–Crippen LogP) is 13.8. The third kappa shape index (κ3) is 5.11. The SMILES string of the molecule is C1=C(c2ccccc2)CCC(c2nc(-c3ccccc3)nc(-c3cccc4oc5cc(-n6c7ccccc7c7c8sc9ccccc9c8ccc76)ccc5c34)n2)=C1. The number of thiophene rings is 1. The molecule has 12 rings (SSSR count). The number of nitrogens with zero attached hydrogens (tertiary/aromatic N) is 4. The molecule has 6 heteroatoms. The molecule has 4 heterocycles. The van der Waals surface area contributed by atoms with E-state index in [-0.39, 0.29) is 0 Å². The third-order valence-electron chi connectivity index (χ3n) is 11.4. The number of rotatable bonds is 5. The maximum atomic E-state index is 6.70. The van der Waals surface area contributed by atoms with E-state index in [9.17, 15) is 0 Å². The summed E-state index contributed by atoms with van der Waals surface area (Å²) < 4.78 is 11.7. The molecule has 0 spiro atoms. The minimum Gasteiger partial charge on any atom is -0.456 e. The summed E-state index contributed by atoms with van der Waals surface area (Å²) >= 11 is 1.87. The van der Waals surface area contributed by atoms with Gasteiger partial charge in [-0.15, -0.1) is 11.3 Å². The smallest absolute Gasteiger partial charge is 0.164 e. The molecule has 57 heavy (non-hydrogen) atoms. The topological polar surface area (TPSA) is 56.7 Å². The van der Waals surface area contributed by atoms with Crippen molar-refractivity contribution in [2.24, 2.45) is 0 Å². The highest BCUT2D eigenvalue weighted by Crippen LogP contribution is 2.44. The highest BCUT2D eigenvalue weighted by molar-refractivity contribution is 7.26. The van der Waals surface area contributed by atoms with E-state index in [1.165, 1.54) is 53.1 Å². The third-order valence-corrected chi connectivity index (χ3v) is 12.6. The number of furan rings is 1. The minimum atomic E-state index is 0.629. The highest BCUT2D eigenvalue weighted by Gasteiger charge is 2.22. The Morgan fingerprint density at radius 3 is 2.02 bits per heavy atom. The van der Waals surface area contributed by atoms with E-state index in [1.54, 1.807) is 0 Å². The Morgan fingerprint density at radius 1 is 0.474 bits per heavy atom. The van der Waals surface area contributed by atoms with Crippen LogP contribution < -0.4 is 0 Å². The van der Waals surface area contributed by atoms with Gasteiger partial charge in [0.25, 0.3) is 0 Å². The van der Waals surface area contributed by atoms with Gasteiger partial charge in [-0.2, -0.15) is 0 Å². The van der Waals surface area contributed by atoms with Crippen LogP contribution in [0.25, 0.3) is 104 Å². The molecule has 1 aliphatic rings. The van der Waals surface area contributed by atoms with Gasteiger partial charge >= 0.3 is 0 Å². The molecule has 0 aliphatic heterocycles. The van der Waals surface area contributed by atoms with Crippen LogP contribution in [0.2, 0.25) is 0 Å². The summed E-state index contributed by atoms with van der Waals surface area (Å²) in [5.74, 6) is 1.98. The number of allylic oxidation sites excluding steroid dienone is 4. The van der Waals surface area contributed by atoms with Crippen molar-refractivity contribution < 1.29 is 4.42 Å². The van der Waals surface area contributed by atoms with Crippen LogP contribution in [-0.2, 0) is 0 Å². The van der Waals surface area contributed by atoms with E-state index in [1.807, 2.05) is 41.7 Å². The van der Waals surface area contributed by atoms with Crippen LogP contribution in [0.5, 0.6) is 0 Å². The fourth-order valence-corrected chi connectivity index (χ4v) is 9.98. The predicted molar refractivity (Wildman–Crippen MR) is 237 cm³/mol. The van der Waals surface area contributed by atoms with Gasteiger partial charge in [0.15, 0.2) is 17.5 Å². The molecule has 0 atom stereocenters. The van der Waals surface area contributed by atoms with Crippen molar-refractivity contribution in [1.82, 2.24) is 19.5 Å². The summed E-state index contributed by atoms with van der Waals surface area (Å²) in [5, 5.41) is 7.16. The van der Waals surface area contributed by atoms with Gasteiger partial charge in [-0.1, -0.05) is 127 Å². The standard InChI is InChI=1S/C51H32N4OS/c1-3-12-31(13-4-1)32-22-24-34(25-23-32)50-52-49(33-14-5-2-6-15-33)53-51(54-50)40-18-11-20-43-46(40)39-27-26-35(30-44(39)56-43)55-41-19-9-7-17-38(41)47-42(55)29-28-37-36-16-8-10-21-45(36)57-48(37)47/h1-22,24,26-30H,23,25H2. The van der Waals surface area contributed by atoms with Crippen LogP contribution in [0.3, 0.4) is 0 Å². The normalized spacial score (nSPS) is 13.3. The minimum absolute atomic E-state index is 0.629. The first-order valence-electron chi connectivity index (χ1n) is 19.3. The summed E-state index contributed by atoms with van der Waals surface area (Å²) in [5.41, 5.74) is 10.6. The molecule has 0 saturated heterocycles. The van der Waals surface area contributed by atoms with Gasteiger partial charge < -0.3 is 8.98 Å². The van der Waals surface area contributed by atoms with Gasteiger partial charge in [0.05, 0.1) is 11.0 Å². The molecule has 0 fully saturated rings. The van der Waals surface area contributed by atoms with Crippen molar-refractivity contribution in [3.8, 4) is 28.5 Å². The second-order valence-corrected chi connectivity index (χ2v) is 15.7. The Kier molecular flexibility index (Phi) is 7.16. The Labute approximate surface area is 331 Å². The molecule has 11 aromatic rings. The highest BCUT2D eigenvalue weighted by atomic mass is 32.1. The average Bonchev–Trinajstić information content (AvgIpc) is 3.96. The molecule has 7 aromatic carbocycles. The second-order valence-electron chi connectivity index (χ2n) is 14.7. The van der Waals surface area contributed by atoms with Crippen LogP contribution in [0.15, 0.2) is 174 Å². The van der Waals surface area contributed by atoms with E-state index in [2.05, 4.69) is 144 Å². The van der Waals surface area contributed by atoms with E-state index < -0.39 is 0 Å². The number of para-hydroxylation sites is 1. The van der Waals surface area contributed by atoms with Crippen LogP contribution in [-0.4, -0.2) is 19.5 Å². The van der Waals surface area contributed by atoms with E-state index in [0.717, 1.165) is 57.2 Å². The monoisotopic (exact) mass is 748 g/mol. The van der Waals surface area contributed by atoms with E-state index in [0.29, 0.717) is 17.5 Å². The van der Waals surface area contributed by atoms with Gasteiger partial charge in [0.1, 0.15) is 11.2 Å². The number of hydrogen-bond donors (Lipinski definition) is 0. The lowest BCUT2D eigenvalue weighted by atomic mass is 9.93. The molecular weight excluding hydrogens is 717 g/mol. The molecule has 0 unspecified atom stereocenters. The van der Waals surface area contributed by atoms with E-state index in [4.69, 9.17) is 19.4 Å². The molecule has 0 saturated carbocycles. The van der Waals surface area contributed by atoms with Gasteiger partial charge in [-0.25, -0.2) is 15.0 Å². The molecule has 0 amide bonds. The van der Waals surface area contributed by atoms with Gasteiger partial charge in [0.2, 0.25) is 0 Å². The quantitative estimate of drug-likeness (QED) is 0.176. The van der Waals surface area contributed by atoms with Crippen molar-refractivity contribution in [3.63, 3.8) is 0 Å². The fraction of sp³-hybridized carbons (Fsp3) is 0.0392.